The van der Waals surface area contributed by atoms with Gasteiger partial charge in [-0.1, -0.05) is 0 Å². The Bertz CT molecular complexity index is 1320. The maximum absolute atomic E-state index is 12.7. The standard InChI is InChI=1S/C24H23NO5/c1-13-17-10-19-16-7-3-4-8-20(16)29-23(19)14(2)22(17)30-24(27)18(13)11-21(26)25-12-15-6-5-9-28-15/h5-6,9-10H,3-4,7-8,11-12H2,1-2H3,(H,25,26). The van der Waals surface area contributed by atoms with Crippen molar-refractivity contribution >= 4 is 27.8 Å². The third kappa shape index (κ3) is 3.03. The van der Waals surface area contributed by atoms with Gasteiger partial charge in [0.05, 0.1) is 24.8 Å². The maximum atomic E-state index is 12.7. The van der Waals surface area contributed by atoms with Gasteiger partial charge in [-0.2, -0.15) is 0 Å². The Hall–Kier alpha value is -3.28. The van der Waals surface area contributed by atoms with Crippen molar-refractivity contribution in [2.24, 2.45) is 0 Å². The number of nitrogens with one attached hydrogen (secondary N) is 1. The molecular weight excluding hydrogens is 382 g/mol. The smallest absolute Gasteiger partial charge is 0.340 e. The molecule has 6 heteroatoms. The highest BCUT2D eigenvalue weighted by Gasteiger charge is 2.23. The number of furan rings is 2. The first-order valence-electron chi connectivity index (χ1n) is 10.3. The molecule has 1 aliphatic rings. The molecule has 1 aromatic carbocycles. The van der Waals surface area contributed by atoms with E-state index in [4.69, 9.17) is 13.3 Å². The number of amides is 1. The molecule has 6 nitrogen and oxygen atoms in total. The Kier molecular flexibility index (Phi) is 4.50. The number of carbonyl (C=O) groups excluding carboxylic acids is 1. The molecule has 1 N–H and O–H groups in total. The molecule has 0 aliphatic heterocycles. The molecule has 30 heavy (non-hydrogen) atoms. The van der Waals surface area contributed by atoms with Crippen LogP contribution in [0.2, 0.25) is 0 Å². The third-order valence-corrected chi connectivity index (χ3v) is 6.10. The summed E-state index contributed by atoms with van der Waals surface area (Å²) in [7, 11) is 0. The lowest BCUT2D eigenvalue weighted by Crippen LogP contribution is -2.27. The Balaban J connectivity index is 1.55. The summed E-state index contributed by atoms with van der Waals surface area (Å²) >= 11 is 0. The number of rotatable bonds is 4. The summed E-state index contributed by atoms with van der Waals surface area (Å²) in [6, 6.07) is 5.62. The summed E-state index contributed by atoms with van der Waals surface area (Å²) in [6.45, 7) is 4.09. The zero-order chi connectivity index (χ0) is 20.8. The second-order valence-electron chi connectivity index (χ2n) is 7.99. The molecule has 0 saturated carbocycles. The molecule has 3 heterocycles. The molecule has 0 fully saturated rings. The molecule has 3 aromatic heterocycles. The molecule has 0 saturated heterocycles. The van der Waals surface area contributed by atoms with Gasteiger partial charge in [0.1, 0.15) is 22.7 Å². The van der Waals surface area contributed by atoms with Gasteiger partial charge in [-0.25, -0.2) is 4.79 Å². The van der Waals surface area contributed by atoms with Crippen LogP contribution in [0.25, 0.3) is 21.9 Å². The van der Waals surface area contributed by atoms with Crippen molar-refractivity contribution in [1.29, 1.82) is 0 Å². The molecule has 4 aromatic rings. The van der Waals surface area contributed by atoms with Crippen LogP contribution in [-0.4, -0.2) is 5.91 Å². The van der Waals surface area contributed by atoms with Gasteiger partial charge in [0, 0.05) is 28.3 Å². The lowest BCUT2D eigenvalue weighted by molar-refractivity contribution is -0.120. The zero-order valence-electron chi connectivity index (χ0n) is 17.1. The Labute approximate surface area is 172 Å². The van der Waals surface area contributed by atoms with E-state index in [1.54, 1.807) is 18.4 Å². The highest BCUT2D eigenvalue weighted by atomic mass is 16.4. The average molecular weight is 405 g/mol. The van der Waals surface area contributed by atoms with Crippen LogP contribution in [0.1, 0.15) is 46.6 Å². The van der Waals surface area contributed by atoms with E-state index in [1.165, 1.54) is 5.56 Å². The van der Waals surface area contributed by atoms with E-state index < -0.39 is 5.63 Å². The molecule has 1 amide bonds. The molecule has 5 rings (SSSR count). The highest BCUT2D eigenvalue weighted by Crippen LogP contribution is 2.37. The van der Waals surface area contributed by atoms with E-state index in [0.717, 1.165) is 58.9 Å². The van der Waals surface area contributed by atoms with Gasteiger partial charge in [-0.05, 0) is 56.9 Å². The normalized spacial score (nSPS) is 13.7. The molecule has 0 spiro atoms. The van der Waals surface area contributed by atoms with Crippen LogP contribution in [0.3, 0.4) is 0 Å². The number of aryl methyl sites for hydroxylation is 4. The molecule has 0 bridgehead atoms. The molecule has 0 atom stereocenters. The lowest BCUT2D eigenvalue weighted by Gasteiger charge is -2.11. The van der Waals surface area contributed by atoms with Crippen molar-refractivity contribution in [2.45, 2.75) is 52.5 Å². The van der Waals surface area contributed by atoms with Gasteiger partial charge in [0.25, 0.3) is 0 Å². The largest absolute Gasteiger partial charge is 0.467 e. The number of carbonyl (C=O) groups is 1. The Morgan fingerprint density at radius 2 is 1.87 bits per heavy atom. The van der Waals surface area contributed by atoms with E-state index in [2.05, 4.69) is 11.4 Å². The fraction of sp³-hybridized carbons (Fsp3) is 0.333. The van der Waals surface area contributed by atoms with Crippen molar-refractivity contribution in [3.05, 3.63) is 68.7 Å². The predicted octanol–water partition coefficient (Wildman–Crippen LogP) is 4.49. The van der Waals surface area contributed by atoms with Crippen molar-refractivity contribution in [3.8, 4) is 0 Å². The van der Waals surface area contributed by atoms with E-state index in [-0.39, 0.29) is 18.9 Å². The van der Waals surface area contributed by atoms with Crippen molar-refractivity contribution < 1.29 is 18.0 Å². The van der Waals surface area contributed by atoms with E-state index >= 15 is 0 Å². The number of hydrogen-bond donors (Lipinski definition) is 1. The number of fused-ring (bicyclic) bond motifs is 4. The van der Waals surface area contributed by atoms with Crippen LogP contribution in [-0.2, 0) is 30.6 Å². The van der Waals surface area contributed by atoms with Gasteiger partial charge in [-0.15, -0.1) is 0 Å². The Morgan fingerprint density at radius 1 is 1.07 bits per heavy atom. The fourth-order valence-corrected chi connectivity index (χ4v) is 4.44. The van der Waals surface area contributed by atoms with E-state index in [9.17, 15) is 9.59 Å². The highest BCUT2D eigenvalue weighted by molar-refractivity contribution is 6.00. The molecule has 0 radical (unpaired) electrons. The van der Waals surface area contributed by atoms with Crippen LogP contribution in [0.4, 0.5) is 0 Å². The van der Waals surface area contributed by atoms with E-state index in [1.807, 2.05) is 13.8 Å². The van der Waals surface area contributed by atoms with Crippen LogP contribution in [0, 0.1) is 13.8 Å². The van der Waals surface area contributed by atoms with Gasteiger partial charge in [-0.3, -0.25) is 4.79 Å². The fourth-order valence-electron chi connectivity index (χ4n) is 4.44. The first-order chi connectivity index (χ1) is 14.5. The van der Waals surface area contributed by atoms with Crippen molar-refractivity contribution in [1.82, 2.24) is 5.32 Å². The monoisotopic (exact) mass is 405 g/mol. The van der Waals surface area contributed by atoms with Gasteiger partial charge >= 0.3 is 5.63 Å². The van der Waals surface area contributed by atoms with Crippen LogP contribution in [0.15, 0.2) is 42.5 Å². The summed E-state index contributed by atoms with van der Waals surface area (Å²) in [5, 5.41) is 4.75. The molecular formula is C24H23NO5. The minimum Gasteiger partial charge on any atom is -0.467 e. The minimum absolute atomic E-state index is 0.0363. The topological polar surface area (TPSA) is 85.6 Å². The van der Waals surface area contributed by atoms with Gasteiger partial charge in [0.15, 0.2) is 0 Å². The first-order valence-corrected chi connectivity index (χ1v) is 10.3. The van der Waals surface area contributed by atoms with Crippen LogP contribution in [0.5, 0.6) is 0 Å². The number of benzene rings is 1. The van der Waals surface area contributed by atoms with Crippen LogP contribution >= 0.6 is 0 Å². The van der Waals surface area contributed by atoms with Crippen LogP contribution < -0.4 is 10.9 Å². The summed E-state index contributed by atoms with van der Waals surface area (Å²) in [5.41, 5.74) is 4.14. The molecule has 154 valence electrons. The van der Waals surface area contributed by atoms with Gasteiger partial charge in [0.2, 0.25) is 5.91 Å². The SMILES string of the molecule is Cc1c(CC(=O)NCc2ccco2)c(=O)oc2c(C)c3oc4c(c3cc12)CCCC4. The summed E-state index contributed by atoms with van der Waals surface area (Å²) in [4.78, 5) is 25.1. The molecule has 1 aliphatic carbocycles. The van der Waals surface area contributed by atoms with E-state index in [0.29, 0.717) is 16.9 Å². The third-order valence-electron chi connectivity index (χ3n) is 6.10. The van der Waals surface area contributed by atoms with Crippen molar-refractivity contribution in [2.75, 3.05) is 0 Å². The second kappa shape index (κ2) is 7.20. The van der Waals surface area contributed by atoms with Crippen molar-refractivity contribution in [3.63, 3.8) is 0 Å². The molecule has 0 unspecified atom stereocenters. The predicted molar refractivity (Wildman–Crippen MR) is 113 cm³/mol. The number of hydrogen-bond acceptors (Lipinski definition) is 5. The minimum atomic E-state index is -0.480. The zero-order valence-corrected chi connectivity index (χ0v) is 17.1. The summed E-state index contributed by atoms with van der Waals surface area (Å²) in [6.07, 6.45) is 5.76. The first kappa shape index (κ1) is 18.7. The second-order valence-corrected chi connectivity index (χ2v) is 7.99. The summed E-state index contributed by atoms with van der Waals surface area (Å²) < 4.78 is 17.0. The van der Waals surface area contributed by atoms with Gasteiger partial charge < -0.3 is 18.6 Å². The Morgan fingerprint density at radius 3 is 2.67 bits per heavy atom. The average Bonchev–Trinajstić information content (AvgIpc) is 3.39. The quantitative estimate of drug-likeness (QED) is 0.506. The lowest BCUT2D eigenvalue weighted by atomic mass is 9.93. The summed E-state index contributed by atoms with van der Waals surface area (Å²) in [5.74, 6) is 1.46. The maximum Gasteiger partial charge on any atom is 0.340 e.